The third-order valence-electron chi connectivity index (χ3n) is 5.05. The lowest BCUT2D eigenvalue weighted by Gasteiger charge is -2.43. The Labute approximate surface area is 154 Å². The second kappa shape index (κ2) is 7.66. The first-order chi connectivity index (χ1) is 12.3. The van der Waals surface area contributed by atoms with Gasteiger partial charge in [0.2, 0.25) is 5.91 Å². The lowest BCUT2D eigenvalue weighted by molar-refractivity contribution is -0.141. The highest BCUT2D eigenvalue weighted by atomic mass is 32.2. The molecule has 0 radical (unpaired) electrons. The summed E-state index contributed by atoms with van der Waals surface area (Å²) >= 11 is 0. The average Bonchev–Trinajstić information content (AvgIpc) is 3.10. The van der Waals surface area contributed by atoms with Crippen molar-refractivity contribution < 1.29 is 17.9 Å². The second-order valence-corrected chi connectivity index (χ2v) is 9.84. The molecule has 2 saturated heterocycles. The van der Waals surface area contributed by atoms with Crippen molar-refractivity contribution >= 4 is 15.7 Å². The van der Waals surface area contributed by atoms with Crippen molar-refractivity contribution in [3.8, 4) is 0 Å². The number of nitrogens with zero attached hydrogens (tertiary/aromatic N) is 3. The number of nitrogens with one attached hydrogen (secondary N) is 1. The first-order valence-corrected chi connectivity index (χ1v) is 10.9. The third-order valence-corrected chi connectivity index (χ3v) is 6.75. The molecule has 0 aliphatic carbocycles. The summed E-state index contributed by atoms with van der Waals surface area (Å²) in [6, 6.07) is 1.59. The lowest BCUT2D eigenvalue weighted by atomic mass is 10.0. The van der Waals surface area contributed by atoms with Crippen LogP contribution in [0.4, 0.5) is 0 Å². The number of aromatic nitrogens is 2. The van der Waals surface area contributed by atoms with Crippen LogP contribution in [0.2, 0.25) is 0 Å². The number of ether oxygens (including phenoxy) is 1. The molecule has 1 N–H and O–H groups in total. The van der Waals surface area contributed by atoms with Crippen LogP contribution in [0.1, 0.15) is 25.2 Å². The maximum atomic E-state index is 12.3. The fourth-order valence-electron chi connectivity index (χ4n) is 3.97. The molecule has 3 rings (SSSR count). The van der Waals surface area contributed by atoms with Gasteiger partial charge in [0.15, 0.2) is 9.84 Å². The predicted molar refractivity (Wildman–Crippen MR) is 97.4 cm³/mol. The summed E-state index contributed by atoms with van der Waals surface area (Å²) in [7, 11) is -1.67. The van der Waals surface area contributed by atoms with Crippen molar-refractivity contribution in [2.75, 3.05) is 38.3 Å². The van der Waals surface area contributed by atoms with Gasteiger partial charge < -0.3 is 9.64 Å². The van der Waals surface area contributed by atoms with E-state index < -0.39 is 9.84 Å². The molecule has 26 heavy (non-hydrogen) atoms. The molecule has 2 aliphatic rings. The van der Waals surface area contributed by atoms with Crippen molar-refractivity contribution in [1.29, 1.82) is 0 Å². The molecule has 2 aliphatic heterocycles. The monoisotopic (exact) mass is 384 g/mol. The Morgan fingerprint density at radius 2 is 2.08 bits per heavy atom. The van der Waals surface area contributed by atoms with Gasteiger partial charge in [-0.2, -0.15) is 5.10 Å². The highest BCUT2D eigenvalue weighted by Crippen LogP contribution is 2.28. The summed E-state index contributed by atoms with van der Waals surface area (Å²) < 4.78 is 29.4. The molecule has 3 heterocycles. The highest BCUT2D eigenvalue weighted by molar-refractivity contribution is 7.91. The summed E-state index contributed by atoms with van der Waals surface area (Å²) in [4.78, 5) is 16.1. The smallest absolute Gasteiger partial charge is 0.248 e. The Morgan fingerprint density at radius 1 is 1.35 bits per heavy atom. The number of methoxy groups -OCH3 is 1. The lowest BCUT2D eigenvalue weighted by Crippen LogP contribution is -2.60. The van der Waals surface area contributed by atoms with E-state index in [9.17, 15) is 13.2 Å². The molecular weight excluding hydrogens is 356 g/mol. The zero-order valence-corrected chi connectivity index (χ0v) is 16.5. The van der Waals surface area contributed by atoms with Gasteiger partial charge in [-0.3, -0.25) is 14.8 Å². The summed E-state index contributed by atoms with van der Waals surface area (Å²) in [6.07, 6.45) is 0.913. The van der Waals surface area contributed by atoms with E-state index in [1.54, 1.807) is 4.90 Å². The Kier molecular flexibility index (Phi) is 5.69. The number of hydrogen-bond donors (Lipinski definition) is 1. The van der Waals surface area contributed by atoms with E-state index >= 15 is 0 Å². The Hall–Kier alpha value is -1.45. The van der Waals surface area contributed by atoms with E-state index in [0.717, 1.165) is 17.8 Å². The molecule has 9 heteroatoms. The number of sulfone groups is 1. The highest BCUT2D eigenvalue weighted by Gasteiger charge is 2.47. The van der Waals surface area contributed by atoms with Gasteiger partial charge in [-0.25, -0.2) is 8.42 Å². The van der Waals surface area contributed by atoms with Crippen LogP contribution in [0, 0.1) is 5.92 Å². The minimum absolute atomic E-state index is 0.0115. The third kappa shape index (κ3) is 4.27. The van der Waals surface area contributed by atoms with E-state index in [1.807, 2.05) is 0 Å². The molecule has 2 fully saturated rings. The van der Waals surface area contributed by atoms with Crippen molar-refractivity contribution in [3.05, 3.63) is 17.5 Å². The van der Waals surface area contributed by atoms with Gasteiger partial charge in [0.25, 0.3) is 0 Å². The molecule has 0 spiro atoms. The van der Waals surface area contributed by atoms with Crippen molar-refractivity contribution in [3.63, 3.8) is 0 Å². The number of fused-ring (bicyclic) bond motifs is 1. The molecule has 0 saturated carbocycles. The Balaban J connectivity index is 1.73. The molecule has 0 aromatic carbocycles. The second-order valence-electron chi connectivity index (χ2n) is 7.68. The molecule has 1 aromatic heterocycles. The fourth-order valence-corrected chi connectivity index (χ4v) is 5.98. The number of aromatic amines is 1. The van der Waals surface area contributed by atoms with Crippen LogP contribution < -0.4 is 0 Å². The van der Waals surface area contributed by atoms with Crippen molar-refractivity contribution in [1.82, 2.24) is 20.0 Å². The van der Waals surface area contributed by atoms with Crippen LogP contribution in [0.5, 0.6) is 0 Å². The van der Waals surface area contributed by atoms with Crippen molar-refractivity contribution in [2.24, 2.45) is 5.92 Å². The van der Waals surface area contributed by atoms with E-state index in [1.165, 1.54) is 7.11 Å². The standard InChI is InChI=1S/C17H28N4O4S/c1-12(2)6-13-7-14(19-18-13)8-20-4-5-21(17(22)9-25-3)16-11-26(23,24)10-15(16)20/h7,12,15-16H,4-6,8-11H2,1-3H3,(H,18,19)/t15-,16+/m0/s1. The molecular formula is C17H28N4O4S. The SMILES string of the molecule is COCC(=O)N1CCN(Cc2cc(CC(C)C)n[nH]2)[C@H]2CS(=O)(=O)C[C@H]21. The predicted octanol–water partition coefficient (Wildman–Crippen LogP) is 0.0644. The van der Waals surface area contributed by atoms with Gasteiger partial charge in [0, 0.05) is 38.5 Å². The minimum atomic E-state index is -3.15. The number of amides is 1. The first kappa shape index (κ1) is 19.3. The Bertz CT molecular complexity index is 746. The number of carbonyl (C=O) groups excluding carboxylic acids is 1. The molecule has 1 amide bonds. The van der Waals surface area contributed by atoms with Gasteiger partial charge in [0.05, 0.1) is 23.2 Å². The van der Waals surface area contributed by atoms with Crippen LogP contribution in [0.15, 0.2) is 6.07 Å². The van der Waals surface area contributed by atoms with E-state index in [-0.39, 0.29) is 36.1 Å². The van der Waals surface area contributed by atoms with Gasteiger partial charge in [-0.05, 0) is 18.4 Å². The summed E-state index contributed by atoms with van der Waals surface area (Å²) in [5.74, 6) is 0.526. The van der Waals surface area contributed by atoms with Crippen LogP contribution in [0.25, 0.3) is 0 Å². The van der Waals surface area contributed by atoms with Crippen LogP contribution in [-0.4, -0.2) is 84.7 Å². The molecule has 8 nitrogen and oxygen atoms in total. The minimum Gasteiger partial charge on any atom is -0.375 e. The molecule has 146 valence electrons. The maximum absolute atomic E-state index is 12.3. The van der Waals surface area contributed by atoms with Crippen LogP contribution in [0.3, 0.4) is 0 Å². The van der Waals surface area contributed by atoms with Gasteiger partial charge in [-0.1, -0.05) is 13.8 Å². The number of piperazine rings is 1. The van der Waals surface area contributed by atoms with Crippen LogP contribution in [-0.2, 0) is 32.3 Å². The summed E-state index contributed by atoms with van der Waals surface area (Å²) in [5.41, 5.74) is 2.01. The fraction of sp³-hybridized carbons (Fsp3) is 0.765. The van der Waals surface area contributed by atoms with Gasteiger partial charge in [0.1, 0.15) is 6.61 Å². The number of carbonyl (C=O) groups is 1. The number of hydrogen-bond acceptors (Lipinski definition) is 6. The quantitative estimate of drug-likeness (QED) is 0.745. The summed E-state index contributed by atoms with van der Waals surface area (Å²) in [5, 5.41) is 7.42. The normalized spacial score (nSPS) is 25.6. The Morgan fingerprint density at radius 3 is 2.77 bits per heavy atom. The van der Waals surface area contributed by atoms with Gasteiger partial charge in [-0.15, -0.1) is 0 Å². The van der Waals surface area contributed by atoms with E-state index in [2.05, 4.69) is 35.0 Å². The average molecular weight is 385 g/mol. The van der Waals surface area contributed by atoms with E-state index in [0.29, 0.717) is 25.6 Å². The molecule has 0 unspecified atom stereocenters. The zero-order valence-electron chi connectivity index (χ0n) is 15.6. The summed E-state index contributed by atoms with van der Waals surface area (Å²) in [6.45, 7) is 6.07. The first-order valence-electron chi connectivity index (χ1n) is 9.05. The molecule has 1 aromatic rings. The number of rotatable bonds is 6. The van der Waals surface area contributed by atoms with Crippen molar-refractivity contribution in [2.45, 2.75) is 38.9 Å². The molecule has 2 atom stereocenters. The number of H-pyrrole nitrogens is 1. The van der Waals surface area contributed by atoms with E-state index in [4.69, 9.17) is 4.74 Å². The van der Waals surface area contributed by atoms with Crippen LogP contribution >= 0.6 is 0 Å². The molecule has 0 bridgehead atoms. The largest absolute Gasteiger partial charge is 0.375 e. The van der Waals surface area contributed by atoms with Gasteiger partial charge >= 0.3 is 0 Å². The topological polar surface area (TPSA) is 95.6 Å². The zero-order chi connectivity index (χ0) is 18.9. The maximum Gasteiger partial charge on any atom is 0.248 e.